The molecule has 0 bridgehead atoms. The van der Waals surface area contributed by atoms with E-state index in [4.69, 9.17) is 9.92 Å². The molecule has 2 aliphatic rings. The minimum absolute atomic E-state index is 0.000422. The average Bonchev–Trinajstić information content (AvgIpc) is 2.63. The Hall–Kier alpha value is -2.57. The number of aromatic carboxylic acids is 1. The number of amides is 1. The van der Waals surface area contributed by atoms with E-state index in [1.807, 2.05) is 0 Å². The molecule has 0 aliphatic carbocycles. The highest BCUT2D eigenvalue weighted by Gasteiger charge is 2.38. The monoisotopic (exact) mass is 371 g/mol. The standard InChI is InChI=1S/C18H22BN3O5/c20-6-9-22-7-4-12(5-8-22)10-16(23)21-15-11-13-2-1-3-14(18(24)25)17(13)27-19(15)26/h1-3,12,15,26H,4-5,7-11H2,(H,21,23)(H,24,25)/t15-/m0/s1. The van der Waals surface area contributed by atoms with Gasteiger partial charge < -0.3 is 20.1 Å². The Labute approximate surface area is 157 Å². The number of fused-ring (bicyclic) bond motifs is 1. The average molecular weight is 371 g/mol. The third kappa shape index (κ3) is 4.59. The van der Waals surface area contributed by atoms with Gasteiger partial charge in [-0.1, -0.05) is 12.1 Å². The summed E-state index contributed by atoms with van der Waals surface area (Å²) in [6.07, 6.45) is 2.41. The van der Waals surface area contributed by atoms with E-state index in [2.05, 4.69) is 16.3 Å². The quantitative estimate of drug-likeness (QED) is 0.507. The highest BCUT2D eigenvalue weighted by Crippen LogP contribution is 2.30. The van der Waals surface area contributed by atoms with Crippen molar-refractivity contribution in [3.8, 4) is 11.8 Å². The summed E-state index contributed by atoms with van der Waals surface area (Å²) in [6.45, 7) is 2.04. The second kappa shape index (κ2) is 8.42. The molecule has 0 radical (unpaired) electrons. The lowest BCUT2D eigenvalue weighted by atomic mass is 9.72. The summed E-state index contributed by atoms with van der Waals surface area (Å²) in [5, 5.41) is 31.0. The Kier molecular flexibility index (Phi) is 5.99. The Morgan fingerprint density at radius 2 is 2.11 bits per heavy atom. The minimum Gasteiger partial charge on any atom is -0.534 e. The van der Waals surface area contributed by atoms with Gasteiger partial charge in [0.25, 0.3) is 0 Å². The van der Waals surface area contributed by atoms with Crippen molar-refractivity contribution in [2.75, 3.05) is 19.6 Å². The van der Waals surface area contributed by atoms with E-state index in [0.29, 0.717) is 24.9 Å². The molecule has 3 N–H and O–H groups in total. The number of carbonyl (C=O) groups excluding carboxylic acids is 1. The molecule has 2 aliphatic heterocycles. The van der Waals surface area contributed by atoms with Gasteiger partial charge in [0, 0.05) is 6.42 Å². The van der Waals surface area contributed by atoms with E-state index < -0.39 is 19.0 Å². The van der Waals surface area contributed by atoms with Crippen molar-refractivity contribution in [1.29, 1.82) is 5.26 Å². The van der Waals surface area contributed by atoms with Gasteiger partial charge in [-0.3, -0.25) is 9.69 Å². The van der Waals surface area contributed by atoms with Gasteiger partial charge in [-0.05, 0) is 49.9 Å². The Morgan fingerprint density at radius 3 is 2.78 bits per heavy atom. The molecule has 142 valence electrons. The van der Waals surface area contributed by atoms with Crippen molar-refractivity contribution < 1.29 is 24.4 Å². The van der Waals surface area contributed by atoms with Crippen molar-refractivity contribution in [2.24, 2.45) is 5.92 Å². The number of carbonyl (C=O) groups is 2. The molecule has 3 rings (SSSR count). The fraction of sp³-hybridized carbons (Fsp3) is 0.500. The van der Waals surface area contributed by atoms with Crippen LogP contribution in [0.25, 0.3) is 0 Å². The number of rotatable bonds is 5. The van der Waals surface area contributed by atoms with Crippen LogP contribution in [0.4, 0.5) is 0 Å². The maximum absolute atomic E-state index is 12.4. The normalized spacial score (nSPS) is 20.3. The molecule has 0 spiro atoms. The van der Waals surface area contributed by atoms with Crippen LogP contribution in [0.15, 0.2) is 18.2 Å². The second-order valence-electron chi connectivity index (χ2n) is 7.07. The molecular formula is C18H22BN3O5. The van der Waals surface area contributed by atoms with Gasteiger partial charge >= 0.3 is 13.1 Å². The Morgan fingerprint density at radius 1 is 1.37 bits per heavy atom. The zero-order valence-electron chi connectivity index (χ0n) is 14.9. The maximum Gasteiger partial charge on any atom is 0.547 e. The van der Waals surface area contributed by atoms with Crippen LogP contribution in [0.5, 0.6) is 5.75 Å². The Balaban J connectivity index is 1.56. The van der Waals surface area contributed by atoms with Gasteiger partial charge in [-0.2, -0.15) is 5.26 Å². The van der Waals surface area contributed by atoms with Crippen molar-refractivity contribution in [3.05, 3.63) is 29.3 Å². The van der Waals surface area contributed by atoms with Crippen molar-refractivity contribution in [1.82, 2.24) is 10.2 Å². The molecule has 1 aromatic carbocycles. The van der Waals surface area contributed by atoms with Crippen LogP contribution in [-0.2, 0) is 11.2 Å². The number of para-hydroxylation sites is 1. The highest BCUT2D eigenvalue weighted by atomic mass is 16.5. The van der Waals surface area contributed by atoms with Gasteiger partial charge in [0.05, 0.1) is 24.1 Å². The fourth-order valence-corrected chi connectivity index (χ4v) is 3.69. The summed E-state index contributed by atoms with van der Waals surface area (Å²) in [4.78, 5) is 25.7. The van der Waals surface area contributed by atoms with Crippen molar-refractivity contribution in [3.63, 3.8) is 0 Å². The highest BCUT2D eigenvalue weighted by molar-refractivity contribution is 6.47. The van der Waals surface area contributed by atoms with E-state index >= 15 is 0 Å². The molecule has 0 saturated carbocycles. The van der Waals surface area contributed by atoms with Crippen LogP contribution in [0, 0.1) is 17.2 Å². The number of nitrogens with one attached hydrogen (secondary N) is 1. The topological polar surface area (TPSA) is 123 Å². The number of carboxylic acid groups (broad SMARTS) is 1. The third-order valence-electron chi connectivity index (χ3n) is 5.17. The fourth-order valence-electron chi connectivity index (χ4n) is 3.69. The zero-order valence-corrected chi connectivity index (χ0v) is 14.9. The number of piperidine rings is 1. The lowest BCUT2D eigenvalue weighted by molar-refractivity contribution is -0.122. The first kappa shape index (κ1) is 19.2. The Bertz CT molecular complexity index is 758. The molecule has 1 saturated heterocycles. The molecule has 1 atom stereocenters. The van der Waals surface area contributed by atoms with E-state index in [1.54, 1.807) is 12.1 Å². The first-order valence-corrected chi connectivity index (χ1v) is 9.06. The molecular weight excluding hydrogens is 349 g/mol. The second-order valence-corrected chi connectivity index (χ2v) is 7.07. The molecule has 1 fully saturated rings. The largest absolute Gasteiger partial charge is 0.547 e. The van der Waals surface area contributed by atoms with Crippen LogP contribution in [0.1, 0.15) is 35.2 Å². The van der Waals surface area contributed by atoms with Crippen molar-refractivity contribution >= 4 is 19.0 Å². The van der Waals surface area contributed by atoms with Crippen LogP contribution < -0.4 is 9.97 Å². The minimum atomic E-state index is -1.29. The third-order valence-corrected chi connectivity index (χ3v) is 5.17. The number of nitriles is 1. The first-order valence-electron chi connectivity index (χ1n) is 9.06. The van der Waals surface area contributed by atoms with Gasteiger partial charge in [-0.25, -0.2) is 4.79 Å². The zero-order chi connectivity index (χ0) is 19.4. The van der Waals surface area contributed by atoms with Crippen LogP contribution in [0.2, 0.25) is 0 Å². The van der Waals surface area contributed by atoms with E-state index in [1.165, 1.54) is 6.07 Å². The summed E-state index contributed by atoms with van der Waals surface area (Å²) in [5.74, 6) is -1.48. The van der Waals surface area contributed by atoms with Gasteiger partial charge in [0.15, 0.2) is 0 Å². The number of hydrogen-bond donors (Lipinski definition) is 3. The number of likely N-dealkylation sites (tertiary alicyclic amines) is 1. The summed E-state index contributed by atoms with van der Waals surface area (Å²) in [6, 6.07) is 6.92. The maximum atomic E-state index is 12.4. The first-order chi connectivity index (χ1) is 13.0. The SMILES string of the molecule is N#CCN1CCC(CC(=O)N[C@H]2Cc3cccc(C(=O)O)c3OB2O)CC1. The van der Waals surface area contributed by atoms with Gasteiger partial charge in [0.2, 0.25) is 5.91 Å². The molecule has 0 aromatic heterocycles. The van der Waals surface area contributed by atoms with E-state index in [-0.39, 0.29) is 23.1 Å². The summed E-state index contributed by atoms with van der Waals surface area (Å²) in [7, 11) is -1.29. The number of benzene rings is 1. The molecule has 8 nitrogen and oxygen atoms in total. The lowest BCUT2D eigenvalue weighted by Gasteiger charge is -2.31. The summed E-state index contributed by atoms with van der Waals surface area (Å²) >= 11 is 0. The lowest BCUT2D eigenvalue weighted by Crippen LogP contribution is -2.53. The van der Waals surface area contributed by atoms with Crippen LogP contribution >= 0.6 is 0 Å². The molecule has 27 heavy (non-hydrogen) atoms. The molecule has 0 unspecified atom stereocenters. The molecule has 9 heteroatoms. The van der Waals surface area contributed by atoms with E-state index in [0.717, 1.165) is 25.9 Å². The number of carboxylic acids is 1. The van der Waals surface area contributed by atoms with Crippen LogP contribution in [0.3, 0.4) is 0 Å². The number of hydrogen-bond acceptors (Lipinski definition) is 6. The summed E-state index contributed by atoms with van der Waals surface area (Å²) in [5.41, 5.74) is 0.649. The van der Waals surface area contributed by atoms with E-state index in [9.17, 15) is 19.7 Å². The predicted octanol–water partition coefficient (Wildman–Crippen LogP) is 0.450. The molecule has 1 amide bonds. The van der Waals surface area contributed by atoms with Gasteiger partial charge in [0.1, 0.15) is 5.75 Å². The van der Waals surface area contributed by atoms with Gasteiger partial charge in [-0.15, -0.1) is 0 Å². The predicted molar refractivity (Wildman–Crippen MR) is 97.0 cm³/mol. The van der Waals surface area contributed by atoms with Crippen molar-refractivity contribution in [2.45, 2.75) is 31.6 Å². The molecule has 1 aromatic rings. The summed E-state index contributed by atoms with van der Waals surface area (Å²) < 4.78 is 5.39. The molecule has 2 heterocycles. The number of nitrogens with zero attached hydrogens (tertiary/aromatic N) is 2. The van der Waals surface area contributed by atoms with Crippen LogP contribution in [-0.4, -0.2) is 59.6 Å². The smallest absolute Gasteiger partial charge is 0.534 e.